The van der Waals surface area contributed by atoms with Crippen molar-refractivity contribution >= 4 is 17.5 Å². The molecule has 0 heterocycles. The lowest BCUT2D eigenvalue weighted by Crippen LogP contribution is -2.32. The lowest BCUT2D eigenvalue weighted by atomic mass is 10.1. The normalized spacial score (nSPS) is 10.3. The molecule has 0 radical (unpaired) electrons. The zero-order valence-corrected chi connectivity index (χ0v) is 14.2. The quantitative estimate of drug-likeness (QED) is 0.858. The summed E-state index contributed by atoms with van der Waals surface area (Å²) in [5.41, 5.74) is 4.23. The van der Waals surface area contributed by atoms with Gasteiger partial charge in [0.05, 0.1) is 13.2 Å². The van der Waals surface area contributed by atoms with E-state index in [0.29, 0.717) is 17.9 Å². The molecule has 126 valence electrons. The summed E-state index contributed by atoms with van der Waals surface area (Å²) >= 11 is 0. The Morgan fingerprint density at radius 3 is 2.42 bits per heavy atom. The molecule has 0 aromatic heterocycles. The molecular formula is C19H22N2O3. The van der Waals surface area contributed by atoms with Crippen molar-refractivity contribution in [3.8, 4) is 0 Å². The second kappa shape index (κ2) is 8.26. The highest BCUT2D eigenvalue weighted by Gasteiger charge is 2.09. The van der Waals surface area contributed by atoms with Crippen LogP contribution in [0.3, 0.4) is 0 Å². The van der Waals surface area contributed by atoms with Crippen molar-refractivity contribution in [3.63, 3.8) is 0 Å². The Balaban J connectivity index is 1.90. The molecule has 2 amide bonds. The van der Waals surface area contributed by atoms with Gasteiger partial charge in [-0.2, -0.15) is 0 Å². The predicted octanol–water partition coefficient (Wildman–Crippen LogP) is 2.82. The van der Waals surface area contributed by atoms with Crippen molar-refractivity contribution < 1.29 is 14.3 Å². The summed E-state index contributed by atoms with van der Waals surface area (Å²) < 4.78 is 5.07. The fraction of sp³-hybridized carbons (Fsp3) is 0.263. The van der Waals surface area contributed by atoms with E-state index in [0.717, 1.165) is 16.7 Å². The van der Waals surface area contributed by atoms with Gasteiger partial charge in [0.1, 0.15) is 0 Å². The number of carbonyl (C=O) groups is 2. The topological polar surface area (TPSA) is 67.4 Å². The van der Waals surface area contributed by atoms with Crippen molar-refractivity contribution in [3.05, 3.63) is 64.7 Å². The molecule has 0 aliphatic heterocycles. The van der Waals surface area contributed by atoms with Crippen molar-refractivity contribution in [2.24, 2.45) is 0 Å². The number of hydrogen-bond acceptors (Lipinski definition) is 3. The summed E-state index contributed by atoms with van der Waals surface area (Å²) in [6, 6.07) is 13.0. The molecule has 0 fully saturated rings. The average molecular weight is 326 g/mol. The fourth-order valence-corrected chi connectivity index (χ4v) is 2.48. The molecule has 2 rings (SSSR count). The van der Waals surface area contributed by atoms with Crippen LogP contribution in [0.1, 0.15) is 27.0 Å². The molecule has 2 N–H and O–H groups in total. The van der Waals surface area contributed by atoms with E-state index in [2.05, 4.69) is 10.6 Å². The van der Waals surface area contributed by atoms with Gasteiger partial charge < -0.3 is 15.4 Å². The Bertz CT molecular complexity index is 721. The van der Waals surface area contributed by atoms with Crippen LogP contribution in [0, 0.1) is 13.8 Å². The number of methoxy groups -OCH3 is 1. The van der Waals surface area contributed by atoms with Crippen molar-refractivity contribution in [2.75, 3.05) is 19.0 Å². The van der Waals surface area contributed by atoms with Crippen LogP contribution in [0.25, 0.3) is 0 Å². The number of carbonyl (C=O) groups excluding carboxylic acids is 2. The summed E-state index contributed by atoms with van der Waals surface area (Å²) in [6.45, 7) is 4.26. The summed E-state index contributed by atoms with van der Waals surface area (Å²) in [4.78, 5) is 24.1. The molecule has 0 saturated heterocycles. The van der Waals surface area contributed by atoms with Gasteiger partial charge in [0.2, 0.25) is 5.91 Å². The highest BCUT2D eigenvalue weighted by Crippen LogP contribution is 2.11. The second-order valence-electron chi connectivity index (χ2n) is 5.74. The predicted molar refractivity (Wildman–Crippen MR) is 94.0 cm³/mol. The van der Waals surface area contributed by atoms with Crippen molar-refractivity contribution in [1.29, 1.82) is 0 Å². The van der Waals surface area contributed by atoms with E-state index in [4.69, 9.17) is 4.74 Å². The maximum absolute atomic E-state index is 12.1. The third-order valence-electron chi connectivity index (χ3n) is 3.42. The van der Waals surface area contributed by atoms with Gasteiger partial charge in [-0.15, -0.1) is 0 Å². The van der Waals surface area contributed by atoms with Crippen LogP contribution in [0.2, 0.25) is 0 Å². The second-order valence-corrected chi connectivity index (χ2v) is 5.74. The Morgan fingerprint density at radius 2 is 1.75 bits per heavy atom. The maximum atomic E-state index is 12.1. The first-order valence-corrected chi connectivity index (χ1v) is 7.72. The Hall–Kier alpha value is -2.66. The van der Waals surface area contributed by atoms with Crippen LogP contribution in [0.5, 0.6) is 0 Å². The minimum atomic E-state index is -0.276. The lowest BCUT2D eigenvalue weighted by Gasteiger charge is -2.09. The van der Waals surface area contributed by atoms with E-state index < -0.39 is 0 Å². The lowest BCUT2D eigenvalue weighted by molar-refractivity contribution is -0.115. The SMILES string of the molecule is COCc1cccc(NC(=O)CNC(=O)c2cc(C)cc(C)c2)c1. The number of amides is 2. The third kappa shape index (κ3) is 5.21. The van der Waals surface area contributed by atoms with E-state index in [1.807, 2.05) is 38.1 Å². The van der Waals surface area contributed by atoms with Gasteiger partial charge in [0, 0.05) is 18.4 Å². The monoisotopic (exact) mass is 326 g/mol. The molecule has 24 heavy (non-hydrogen) atoms. The number of benzene rings is 2. The van der Waals surface area contributed by atoms with Gasteiger partial charge in [0.15, 0.2) is 0 Å². The summed E-state index contributed by atoms with van der Waals surface area (Å²) in [7, 11) is 1.62. The van der Waals surface area contributed by atoms with Crippen LogP contribution in [0.15, 0.2) is 42.5 Å². The van der Waals surface area contributed by atoms with Crippen LogP contribution >= 0.6 is 0 Å². The molecule has 0 aliphatic rings. The first kappa shape index (κ1) is 17.7. The molecule has 0 aliphatic carbocycles. The zero-order chi connectivity index (χ0) is 17.5. The van der Waals surface area contributed by atoms with Gasteiger partial charge in [-0.05, 0) is 43.7 Å². The molecule has 0 saturated carbocycles. The first-order valence-electron chi connectivity index (χ1n) is 7.72. The largest absolute Gasteiger partial charge is 0.380 e. The molecule has 0 spiro atoms. The van der Waals surface area contributed by atoms with Gasteiger partial charge in [0.25, 0.3) is 5.91 Å². The van der Waals surface area contributed by atoms with Crippen molar-refractivity contribution in [1.82, 2.24) is 5.32 Å². The number of rotatable bonds is 6. The molecule has 5 nitrogen and oxygen atoms in total. The molecule has 2 aromatic carbocycles. The van der Waals surface area contributed by atoms with Crippen LogP contribution < -0.4 is 10.6 Å². The first-order chi connectivity index (χ1) is 11.5. The fourth-order valence-electron chi connectivity index (χ4n) is 2.48. The Morgan fingerprint density at radius 1 is 1.04 bits per heavy atom. The van der Waals surface area contributed by atoms with Gasteiger partial charge >= 0.3 is 0 Å². The maximum Gasteiger partial charge on any atom is 0.251 e. The highest BCUT2D eigenvalue weighted by atomic mass is 16.5. The molecule has 0 bridgehead atoms. The Kier molecular flexibility index (Phi) is 6.09. The van der Waals surface area contributed by atoms with E-state index in [1.165, 1.54) is 0 Å². The van der Waals surface area contributed by atoms with E-state index >= 15 is 0 Å². The molecule has 2 aromatic rings. The Labute approximate surface area is 142 Å². The van der Waals surface area contributed by atoms with E-state index in [9.17, 15) is 9.59 Å². The minimum absolute atomic E-state index is 0.0830. The van der Waals surface area contributed by atoms with Crippen LogP contribution in [-0.4, -0.2) is 25.5 Å². The van der Waals surface area contributed by atoms with Crippen LogP contribution in [0.4, 0.5) is 5.69 Å². The van der Waals surface area contributed by atoms with Crippen LogP contribution in [-0.2, 0) is 16.1 Å². The third-order valence-corrected chi connectivity index (χ3v) is 3.42. The summed E-state index contributed by atoms with van der Waals surface area (Å²) in [5.74, 6) is -0.535. The standard InChI is InChI=1S/C19H22N2O3/c1-13-7-14(2)9-16(8-13)19(23)20-11-18(22)21-17-6-4-5-15(10-17)12-24-3/h4-10H,11-12H2,1-3H3,(H,20,23)(H,21,22). The van der Waals surface area contributed by atoms with E-state index in [-0.39, 0.29) is 18.4 Å². The highest BCUT2D eigenvalue weighted by molar-refractivity contribution is 5.99. The number of aryl methyl sites for hydroxylation is 2. The van der Waals surface area contributed by atoms with E-state index in [1.54, 1.807) is 25.3 Å². The number of anilines is 1. The average Bonchev–Trinajstić information content (AvgIpc) is 2.52. The minimum Gasteiger partial charge on any atom is -0.380 e. The molecule has 0 unspecified atom stereocenters. The molecule has 5 heteroatoms. The smallest absolute Gasteiger partial charge is 0.251 e. The molecular weight excluding hydrogens is 304 g/mol. The number of ether oxygens (including phenoxy) is 1. The van der Waals surface area contributed by atoms with Gasteiger partial charge in [-0.1, -0.05) is 29.3 Å². The van der Waals surface area contributed by atoms with Crippen molar-refractivity contribution in [2.45, 2.75) is 20.5 Å². The zero-order valence-electron chi connectivity index (χ0n) is 14.2. The van der Waals surface area contributed by atoms with Gasteiger partial charge in [-0.3, -0.25) is 9.59 Å². The number of hydrogen-bond donors (Lipinski definition) is 2. The summed E-state index contributed by atoms with van der Waals surface area (Å²) in [5, 5.41) is 5.40. The molecule has 0 atom stereocenters. The van der Waals surface area contributed by atoms with Gasteiger partial charge in [-0.25, -0.2) is 0 Å². The summed E-state index contributed by atoms with van der Waals surface area (Å²) in [6.07, 6.45) is 0. The number of nitrogens with one attached hydrogen (secondary N) is 2.